The first-order valence-corrected chi connectivity index (χ1v) is 9.84. The second-order valence-electron chi connectivity index (χ2n) is 6.45. The number of carbonyl (C=O) groups is 1. The Morgan fingerprint density at radius 2 is 1.78 bits per heavy atom. The molecular weight excluding hydrogens is 494 g/mol. The summed E-state index contributed by atoms with van der Waals surface area (Å²) >= 11 is 3.18. The second kappa shape index (κ2) is 9.39. The molecule has 0 radical (unpaired) electrons. The molecule has 166 valence electrons. The van der Waals surface area contributed by atoms with Gasteiger partial charge in [-0.3, -0.25) is 4.79 Å². The van der Waals surface area contributed by atoms with Gasteiger partial charge in [0, 0.05) is 10.5 Å². The van der Waals surface area contributed by atoms with Crippen molar-refractivity contribution in [2.24, 2.45) is 0 Å². The summed E-state index contributed by atoms with van der Waals surface area (Å²) in [6, 6.07) is 9.46. The first-order valence-electron chi connectivity index (χ1n) is 9.04. The summed E-state index contributed by atoms with van der Waals surface area (Å²) in [4.78, 5) is 17.1. The first kappa shape index (κ1) is 23.3. The van der Waals surface area contributed by atoms with E-state index in [1.54, 1.807) is 0 Å². The third kappa shape index (κ3) is 5.25. The molecule has 2 N–H and O–H groups in total. The van der Waals surface area contributed by atoms with Gasteiger partial charge in [-0.15, -0.1) is 0 Å². The van der Waals surface area contributed by atoms with Crippen LogP contribution in [-0.2, 0) is 6.18 Å². The Bertz CT molecular complexity index is 1180. The number of pyridine rings is 1. The highest BCUT2D eigenvalue weighted by atomic mass is 79.9. The topological polar surface area (TPSA) is 63.2 Å². The summed E-state index contributed by atoms with van der Waals surface area (Å²) in [5.41, 5.74) is -0.315. The molecule has 10 heteroatoms. The Labute approximate surface area is 189 Å². The van der Waals surface area contributed by atoms with Crippen LogP contribution in [0.2, 0.25) is 0 Å². The molecule has 0 spiro atoms. The summed E-state index contributed by atoms with van der Waals surface area (Å²) in [5.74, 6) is -1.04. The fraction of sp³-hybridized carbons (Fsp3) is 0.0909. The predicted molar refractivity (Wildman–Crippen MR) is 118 cm³/mol. The molecule has 5 nitrogen and oxygen atoms in total. The van der Waals surface area contributed by atoms with Crippen LogP contribution in [-0.4, -0.2) is 18.0 Å². The van der Waals surface area contributed by atoms with Crippen molar-refractivity contribution in [3.8, 4) is 5.88 Å². The second-order valence-corrected chi connectivity index (χ2v) is 7.31. The van der Waals surface area contributed by atoms with Crippen LogP contribution in [0.3, 0.4) is 0 Å². The number of hydrogen-bond donors (Lipinski definition) is 2. The molecule has 32 heavy (non-hydrogen) atoms. The molecule has 3 aromatic rings. The fourth-order valence-electron chi connectivity index (χ4n) is 2.77. The van der Waals surface area contributed by atoms with Crippen LogP contribution in [0, 0.1) is 5.82 Å². The number of ether oxygens (including phenoxy) is 1. The largest absolute Gasteiger partial charge is 0.481 e. The van der Waals surface area contributed by atoms with Crippen molar-refractivity contribution in [1.29, 1.82) is 0 Å². The van der Waals surface area contributed by atoms with Gasteiger partial charge >= 0.3 is 6.18 Å². The number of anilines is 3. The number of methoxy groups -OCH3 is 1. The standard InChI is InChI=1S/C22H16BrF4N3O2/c1-3-16-19(8-9-20(29-16)32-2)30-21(31)14-10-12(22(25,26)27)4-6-17(14)28-18-7-5-13(24)11-15(18)23/h3-11,28H,1H2,2H3,(H,30,31). The average Bonchev–Trinajstić information content (AvgIpc) is 2.75. The molecule has 0 aliphatic heterocycles. The Hall–Kier alpha value is -3.40. The minimum absolute atomic E-state index is 0.0874. The van der Waals surface area contributed by atoms with Crippen LogP contribution in [0.15, 0.2) is 59.6 Å². The molecular formula is C22H16BrF4N3O2. The maximum atomic E-state index is 13.4. The zero-order valence-electron chi connectivity index (χ0n) is 16.6. The Balaban J connectivity index is 2.02. The number of aromatic nitrogens is 1. The number of rotatable bonds is 6. The van der Waals surface area contributed by atoms with Crippen molar-refractivity contribution < 1.29 is 27.1 Å². The number of benzene rings is 2. The Morgan fingerprint density at radius 1 is 1.09 bits per heavy atom. The molecule has 1 amide bonds. The first-order chi connectivity index (χ1) is 15.1. The number of amides is 1. The summed E-state index contributed by atoms with van der Waals surface area (Å²) in [6.45, 7) is 3.62. The quantitative estimate of drug-likeness (QED) is 0.365. The van der Waals surface area contributed by atoms with E-state index in [1.165, 1.54) is 43.5 Å². The predicted octanol–water partition coefficient (Wildman–Crippen LogP) is 6.65. The van der Waals surface area contributed by atoms with Gasteiger partial charge in [0.15, 0.2) is 0 Å². The van der Waals surface area contributed by atoms with Crippen LogP contribution in [0.4, 0.5) is 34.6 Å². The zero-order valence-corrected chi connectivity index (χ0v) is 18.1. The molecule has 0 atom stereocenters. The maximum Gasteiger partial charge on any atom is 0.416 e. The highest BCUT2D eigenvalue weighted by Gasteiger charge is 2.32. The molecule has 2 aromatic carbocycles. The van der Waals surface area contributed by atoms with E-state index in [-0.39, 0.29) is 28.5 Å². The van der Waals surface area contributed by atoms with E-state index >= 15 is 0 Å². The SMILES string of the molecule is C=Cc1nc(OC)ccc1NC(=O)c1cc(C(F)(F)F)ccc1Nc1ccc(F)cc1Br. The van der Waals surface area contributed by atoms with Crippen molar-refractivity contribution in [2.45, 2.75) is 6.18 Å². The lowest BCUT2D eigenvalue weighted by atomic mass is 10.1. The summed E-state index contributed by atoms with van der Waals surface area (Å²) < 4.78 is 58.6. The van der Waals surface area contributed by atoms with E-state index in [1.807, 2.05) is 0 Å². The van der Waals surface area contributed by atoms with Crippen LogP contribution in [0.1, 0.15) is 21.6 Å². The lowest BCUT2D eigenvalue weighted by Gasteiger charge is -2.16. The zero-order chi connectivity index (χ0) is 23.5. The van der Waals surface area contributed by atoms with Crippen LogP contribution in [0.5, 0.6) is 5.88 Å². The molecule has 0 unspecified atom stereocenters. The van der Waals surface area contributed by atoms with E-state index in [0.717, 1.165) is 18.2 Å². The Kier molecular flexibility index (Phi) is 6.83. The molecule has 0 aliphatic carbocycles. The number of nitrogens with one attached hydrogen (secondary N) is 2. The highest BCUT2D eigenvalue weighted by molar-refractivity contribution is 9.10. The van der Waals surface area contributed by atoms with Crippen molar-refractivity contribution in [2.75, 3.05) is 17.7 Å². The van der Waals surface area contributed by atoms with Gasteiger partial charge in [0.05, 0.1) is 41.0 Å². The van der Waals surface area contributed by atoms with Gasteiger partial charge in [0.25, 0.3) is 5.91 Å². The Morgan fingerprint density at radius 3 is 2.41 bits per heavy atom. The van der Waals surface area contributed by atoms with Gasteiger partial charge in [-0.2, -0.15) is 13.2 Å². The number of nitrogens with zero attached hydrogens (tertiary/aromatic N) is 1. The number of alkyl halides is 3. The molecule has 1 heterocycles. The highest BCUT2D eigenvalue weighted by Crippen LogP contribution is 2.34. The van der Waals surface area contributed by atoms with Gasteiger partial charge in [-0.05, 0) is 64.5 Å². The number of halogens is 5. The van der Waals surface area contributed by atoms with Crippen molar-refractivity contribution >= 4 is 45.0 Å². The van der Waals surface area contributed by atoms with Gasteiger partial charge in [0.1, 0.15) is 5.82 Å². The molecule has 0 saturated carbocycles. The normalized spacial score (nSPS) is 11.1. The van der Waals surface area contributed by atoms with Crippen LogP contribution < -0.4 is 15.4 Å². The van der Waals surface area contributed by atoms with E-state index in [0.29, 0.717) is 10.2 Å². The van der Waals surface area contributed by atoms with Gasteiger partial charge in [-0.1, -0.05) is 6.58 Å². The molecule has 3 rings (SSSR count). The average molecular weight is 510 g/mol. The third-order valence-electron chi connectivity index (χ3n) is 4.34. The van der Waals surface area contributed by atoms with E-state index < -0.39 is 23.5 Å². The van der Waals surface area contributed by atoms with Crippen molar-refractivity contribution in [3.63, 3.8) is 0 Å². The van der Waals surface area contributed by atoms with Gasteiger partial charge in [0.2, 0.25) is 5.88 Å². The molecule has 0 fully saturated rings. The lowest BCUT2D eigenvalue weighted by Crippen LogP contribution is -2.17. The number of hydrogen-bond acceptors (Lipinski definition) is 4. The fourth-order valence-corrected chi connectivity index (χ4v) is 3.22. The van der Waals surface area contributed by atoms with E-state index in [9.17, 15) is 22.4 Å². The summed E-state index contributed by atoms with van der Waals surface area (Å²) in [7, 11) is 1.42. The summed E-state index contributed by atoms with van der Waals surface area (Å²) in [5, 5.41) is 5.41. The number of carbonyl (C=O) groups excluding carboxylic acids is 1. The molecule has 0 saturated heterocycles. The van der Waals surface area contributed by atoms with Crippen LogP contribution in [0.25, 0.3) is 6.08 Å². The van der Waals surface area contributed by atoms with Crippen molar-refractivity contribution in [1.82, 2.24) is 4.98 Å². The minimum atomic E-state index is -4.65. The van der Waals surface area contributed by atoms with Gasteiger partial charge < -0.3 is 15.4 Å². The van der Waals surface area contributed by atoms with Gasteiger partial charge in [-0.25, -0.2) is 9.37 Å². The maximum absolute atomic E-state index is 13.4. The van der Waals surface area contributed by atoms with E-state index in [4.69, 9.17) is 4.74 Å². The smallest absolute Gasteiger partial charge is 0.416 e. The molecule has 0 aliphatic rings. The molecule has 1 aromatic heterocycles. The monoisotopic (exact) mass is 509 g/mol. The van der Waals surface area contributed by atoms with Crippen molar-refractivity contribution in [3.05, 3.63) is 82.2 Å². The van der Waals surface area contributed by atoms with Crippen LogP contribution >= 0.6 is 15.9 Å². The summed E-state index contributed by atoms with van der Waals surface area (Å²) in [6.07, 6.45) is -3.28. The third-order valence-corrected chi connectivity index (χ3v) is 5.00. The molecule has 0 bridgehead atoms. The minimum Gasteiger partial charge on any atom is -0.481 e. The lowest BCUT2D eigenvalue weighted by molar-refractivity contribution is -0.137. The van der Waals surface area contributed by atoms with E-state index in [2.05, 4.69) is 38.1 Å².